The van der Waals surface area contributed by atoms with Crippen LogP contribution in [0.3, 0.4) is 0 Å². The summed E-state index contributed by atoms with van der Waals surface area (Å²) in [6, 6.07) is 4.64. The smallest absolute Gasteiger partial charge is 0.0570 e. The molecule has 2 atom stereocenters. The minimum absolute atomic E-state index is 0.362. The number of nitrogens with one attached hydrogen (secondary N) is 1. The molecule has 1 saturated heterocycles. The fourth-order valence-electron chi connectivity index (χ4n) is 2.52. The Kier molecular flexibility index (Phi) is 4.13. The van der Waals surface area contributed by atoms with Crippen molar-refractivity contribution in [1.82, 2.24) is 10.3 Å². The molecule has 1 aromatic rings. The molecule has 1 N–H and O–H groups in total. The Hall–Kier alpha value is -0.930. The van der Waals surface area contributed by atoms with Crippen LogP contribution in [0, 0.1) is 6.92 Å². The molecule has 0 bridgehead atoms. The van der Waals surface area contributed by atoms with Crippen molar-refractivity contribution in [3.63, 3.8) is 0 Å². The summed E-state index contributed by atoms with van der Waals surface area (Å²) < 4.78 is 5.74. The van der Waals surface area contributed by atoms with Crippen LogP contribution in [-0.2, 0) is 11.3 Å². The molecule has 0 aliphatic carbocycles. The number of aryl methyl sites for hydroxylation is 1. The second kappa shape index (κ2) is 5.61. The van der Waals surface area contributed by atoms with E-state index >= 15 is 0 Å². The minimum atomic E-state index is 0.362. The summed E-state index contributed by atoms with van der Waals surface area (Å²) in [6.07, 6.45) is 4.77. The molecule has 2 heterocycles. The molecule has 2 rings (SSSR count). The lowest BCUT2D eigenvalue weighted by Gasteiger charge is -2.32. The van der Waals surface area contributed by atoms with Gasteiger partial charge in [-0.1, -0.05) is 6.07 Å². The van der Waals surface area contributed by atoms with E-state index in [1.54, 1.807) is 0 Å². The summed E-state index contributed by atoms with van der Waals surface area (Å²) in [7, 11) is 0. The summed E-state index contributed by atoms with van der Waals surface area (Å²) in [5.41, 5.74) is 2.41. The van der Waals surface area contributed by atoms with E-state index in [9.17, 15) is 0 Å². The number of nitrogens with zero attached hydrogens (tertiary/aromatic N) is 1. The second-order valence-corrected chi connectivity index (χ2v) is 5.07. The second-order valence-electron chi connectivity index (χ2n) is 5.07. The highest BCUT2D eigenvalue weighted by molar-refractivity contribution is 5.17. The van der Waals surface area contributed by atoms with Crippen LogP contribution in [0.15, 0.2) is 18.3 Å². The normalized spacial score (nSPS) is 29.2. The molecule has 17 heavy (non-hydrogen) atoms. The zero-order valence-electron chi connectivity index (χ0n) is 10.9. The Morgan fingerprint density at radius 1 is 1.35 bits per heavy atom. The van der Waals surface area contributed by atoms with E-state index in [4.69, 9.17) is 4.74 Å². The van der Waals surface area contributed by atoms with E-state index in [0.717, 1.165) is 25.1 Å². The molecule has 1 aromatic heterocycles. The first-order valence-electron chi connectivity index (χ1n) is 6.44. The van der Waals surface area contributed by atoms with E-state index in [0.29, 0.717) is 18.2 Å². The molecule has 0 spiro atoms. The maximum absolute atomic E-state index is 5.74. The fourth-order valence-corrected chi connectivity index (χ4v) is 2.52. The standard InChI is InChI=1S/C14H22N2O/c1-10-5-4-6-15-14(10)9-16-13-7-11(2)17-12(3)8-13/h4-6,11-13,16H,7-9H2,1-3H3. The van der Waals surface area contributed by atoms with Gasteiger partial charge in [0.2, 0.25) is 0 Å². The average molecular weight is 234 g/mol. The van der Waals surface area contributed by atoms with Gasteiger partial charge in [0.1, 0.15) is 0 Å². The van der Waals surface area contributed by atoms with Crippen LogP contribution < -0.4 is 5.32 Å². The molecular formula is C14H22N2O. The highest BCUT2D eigenvalue weighted by Gasteiger charge is 2.23. The van der Waals surface area contributed by atoms with Crippen LogP contribution in [0.1, 0.15) is 37.9 Å². The molecular weight excluding hydrogens is 212 g/mol. The van der Waals surface area contributed by atoms with Crippen molar-refractivity contribution in [1.29, 1.82) is 0 Å². The Morgan fingerprint density at radius 3 is 2.71 bits per heavy atom. The number of pyridine rings is 1. The lowest BCUT2D eigenvalue weighted by atomic mass is 10.00. The SMILES string of the molecule is Cc1cccnc1CNC1CC(C)OC(C)C1. The maximum Gasteiger partial charge on any atom is 0.0570 e. The molecule has 0 aromatic carbocycles. The topological polar surface area (TPSA) is 34.2 Å². The van der Waals surface area contributed by atoms with Crippen molar-refractivity contribution in [2.24, 2.45) is 0 Å². The Balaban J connectivity index is 1.88. The van der Waals surface area contributed by atoms with Crippen LogP contribution in [0.5, 0.6) is 0 Å². The third-order valence-corrected chi connectivity index (χ3v) is 3.37. The van der Waals surface area contributed by atoms with Crippen LogP contribution >= 0.6 is 0 Å². The molecule has 0 saturated carbocycles. The molecule has 1 aliphatic rings. The van der Waals surface area contributed by atoms with E-state index in [1.165, 1.54) is 5.56 Å². The molecule has 3 heteroatoms. The Morgan fingerprint density at radius 2 is 2.06 bits per heavy atom. The van der Waals surface area contributed by atoms with Gasteiger partial charge in [-0.05, 0) is 45.2 Å². The number of ether oxygens (including phenoxy) is 1. The first-order chi connectivity index (χ1) is 8.15. The Labute approximate surface area is 104 Å². The van der Waals surface area contributed by atoms with Crippen molar-refractivity contribution in [3.05, 3.63) is 29.6 Å². The summed E-state index contributed by atoms with van der Waals surface area (Å²) >= 11 is 0. The molecule has 0 amide bonds. The maximum atomic E-state index is 5.74. The van der Waals surface area contributed by atoms with Gasteiger partial charge in [0, 0.05) is 18.8 Å². The van der Waals surface area contributed by atoms with Gasteiger partial charge in [-0.15, -0.1) is 0 Å². The summed E-state index contributed by atoms with van der Waals surface area (Å²) in [5, 5.41) is 3.60. The van der Waals surface area contributed by atoms with Crippen molar-refractivity contribution >= 4 is 0 Å². The van der Waals surface area contributed by atoms with Crippen molar-refractivity contribution in [2.75, 3.05) is 0 Å². The number of rotatable bonds is 3. The first-order valence-corrected chi connectivity index (χ1v) is 6.44. The molecule has 1 fully saturated rings. The molecule has 94 valence electrons. The van der Waals surface area contributed by atoms with Crippen LogP contribution in [0.25, 0.3) is 0 Å². The molecule has 0 radical (unpaired) electrons. The number of aromatic nitrogens is 1. The van der Waals surface area contributed by atoms with E-state index in [1.807, 2.05) is 12.3 Å². The molecule has 1 aliphatic heterocycles. The molecule has 3 nitrogen and oxygen atoms in total. The van der Waals surface area contributed by atoms with E-state index < -0.39 is 0 Å². The lowest BCUT2D eigenvalue weighted by molar-refractivity contribution is -0.0423. The largest absolute Gasteiger partial charge is 0.375 e. The number of hydrogen-bond donors (Lipinski definition) is 1. The van der Waals surface area contributed by atoms with Crippen molar-refractivity contribution in [3.8, 4) is 0 Å². The summed E-state index contributed by atoms with van der Waals surface area (Å²) in [6.45, 7) is 7.27. The summed E-state index contributed by atoms with van der Waals surface area (Å²) in [4.78, 5) is 4.41. The third-order valence-electron chi connectivity index (χ3n) is 3.37. The highest BCUT2D eigenvalue weighted by Crippen LogP contribution is 2.19. The van der Waals surface area contributed by atoms with Crippen LogP contribution in [-0.4, -0.2) is 23.2 Å². The van der Waals surface area contributed by atoms with Gasteiger partial charge in [0.25, 0.3) is 0 Å². The van der Waals surface area contributed by atoms with Crippen molar-refractivity contribution in [2.45, 2.75) is 58.4 Å². The van der Waals surface area contributed by atoms with E-state index in [-0.39, 0.29) is 0 Å². The van der Waals surface area contributed by atoms with Crippen molar-refractivity contribution < 1.29 is 4.74 Å². The van der Waals surface area contributed by atoms with Gasteiger partial charge >= 0.3 is 0 Å². The van der Waals surface area contributed by atoms with Gasteiger partial charge in [-0.25, -0.2) is 0 Å². The fraction of sp³-hybridized carbons (Fsp3) is 0.643. The van der Waals surface area contributed by atoms with Crippen LogP contribution in [0.2, 0.25) is 0 Å². The number of hydrogen-bond acceptors (Lipinski definition) is 3. The van der Waals surface area contributed by atoms with Gasteiger partial charge in [0.05, 0.1) is 17.9 Å². The zero-order valence-corrected chi connectivity index (χ0v) is 10.9. The minimum Gasteiger partial charge on any atom is -0.375 e. The van der Waals surface area contributed by atoms with Gasteiger partial charge in [-0.2, -0.15) is 0 Å². The first kappa shape index (κ1) is 12.5. The van der Waals surface area contributed by atoms with E-state index in [2.05, 4.69) is 37.1 Å². The predicted octanol–water partition coefficient (Wildman–Crippen LogP) is 2.44. The van der Waals surface area contributed by atoms with Gasteiger partial charge < -0.3 is 10.1 Å². The quantitative estimate of drug-likeness (QED) is 0.872. The van der Waals surface area contributed by atoms with Gasteiger partial charge in [0.15, 0.2) is 0 Å². The average Bonchev–Trinajstić information content (AvgIpc) is 2.27. The zero-order chi connectivity index (χ0) is 12.3. The third kappa shape index (κ3) is 3.51. The predicted molar refractivity (Wildman–Crippen MR) is 68.8 cm³/mol. The monoisotopic (exact) mass is 234 g/mol. The highest BCUT2D eigenvalue weighted by atomic mass is 16.5. The van der Waals surface area contributed by atoms with Gasteiger partial charge in [-0.3, -0.25) is 4.98 Å². The van der Waals surface area contributed by atoms with Crippen LogP contribution in [0.4, 0.5) is 0 Å². The lowest BCUT2D eigenvalue weighted by Crippen LogP contribution is -2.41. The Bertz CT molecular complexity index is 357. The molecule has 2 unspecified atom stereocenters. The summed E-state index contributed by atoms with van der Waals surface area (Å²) in [5.74, 6) is 0.